The van der Waals surface area contributed by atoms with E-state index in [-0.39, 0.29) is 10.8 Å². The van der Waals surface area contributed by atoms with Crippen molar-refractivity contribution in [3.63, 3.8) is 0 Å². The van der Waals surface area contributed by atoms with Gasteiger partial charge in [-0.2, -0.15) is 0 Å². The second-order valence-corrected chi connectivity index (χ2v) is 5.16. The molecule has 0 aliphatic carbocycles. The number of rotatable bonds is 6. The van der Waals surface area contributed by atoms with Crippen molar-refractivity contribution in [3.05, 3.63) is 26.6 Å². The summed E-state index contributed by atoms with van der Waals surface area (Å²) in [5.41, 5.74) is -2.20. The first kappa shape index (κ1) is 14.8. The summed E-state index contributed by atoms with van der Waals surface area (Å²) >= 11 is 0. The van der Waals surface area contributed by atoms with E-state index in [1.54, 1.807) is 6.92 Å². The second kappa shape index (κ2) is 4.76. The summed E-state index contributed by atoms with van der Waals surface area (Å²) in [7, 11) is 0. The number of hydrogen-bond donors (Lipinski definition) is 0. The summed E-state index contributed by atoms with van der Waals surface area (Å²) in [5, 5.41) is 21.4. The van der Waals surface area contributed by atoms with Crippen LogP contribution in [0.15, 0.2) is 0 Å². The molecule has 93 valence electrons. The van der Waals surface area contributed by atoms with Gasteiger partial charge in [-0.1, -0.05) is 6.92 Å². The predicted molar refractivity (Wildman–Crippen MR) is 60.2 cm³/mol. The molecule has 0 aliphatic rings. The zero-order chi connectivity index (χ0) is 13.1. The fourth-order valence-electron chi connectivity index (χ4n) is 1.01. The van der Waals surface area contributed by atoms with Gasteiger partial charge in [-0.3, -0.25) is 20.2 Å². The molecule has 0 heterocycles. The highest BCUT2D eigenvalue weighted by Crippen LogP contribution is 2.27. The summed E-state index contributed by atoms with van der Waals surface area (Å²) < 4.78 is 0. The highest BCUT2D eigenvalue weighted by molar-refractivity contribution is 4.90. The van der Waals surface area contributed by atoms with Crippen molar-refractivity contribution >= 4 is 0 Å². The Labute approximate surface area is 95.3 Å². The van der Waals surface area contributed by atoms with Gasteiger partial charge >= 0.3 is 0 Å². The molecule has 0 spiro atoms. The van der Waals surface area contributed by atoms with Crippen LogP contribution in [0.2, 0.25) is 0 Å². The van der Waals surface area contributed by atoms with Crippen molar-refractivity contribution in [2.75, 3.05) is 0 Å². The molecular formula is C10H19N2O4. The maximum atomic E-state index is 10.8. The molecule has 0 rings (SSSR count). The van der Waals surface area contributed by atoms with Crippen LogP contribution < -0.4 is 0 Å². The van der Waals surface area contributed by atoms with Crippen LogP contribution in [0, 0.1) is 32.6 Å². The van der Waals surface area contributed by atoms with Gasteiger partial charge in [-0.25, -0.2) is 0 Å². The van der Waals surface area contributed by atoms with Gasteiger partial charge in [0.1, 0.15) is 0 Å². The molecule has 0 bridgehead atoms. The monoisotopic (exact) mass is 231 g/mol. The van der Waals surface area contributed by atoms with Crippen LogP contribution in [0.3, 0.4) is 0 Å². The van der Waals surface area contributed by atoms with Crippen molar-refractivity contribution in [3.8, 4) is 0 Å². The SMILES string of the molecule is CC(C[CH]C(C)(C)[N+](=O)[O-])C(C)(C)[N+](=O)[O-]. The summed E-state index contributed by atoms with van der Waals surface area (Å²) in [6.45, 7) is 7.77. The molecule has 0 amide bonds. The summed E-state index contributed by atoms with van der Waals surface area (Å²) in [4.78, 5) is 20.7. The Kier molecular flexibility index (Phi) is 4.40. The highest BCUT2D eigenvalue weighted by Gasteiger charge is 2.40. The Balaban J connectivity index is 4.44. The standard InChI is InChI=1S/C10H19N2O4/c1-8(10(4,5)12(15)16)6-7-9(2,3)11(13)14/h7-8H,6H2,1-5H3. The number of nitro groups is 2. The first-order valence-corrected chi connectivity index (χ1v) is 5.15. The Morgan fingerprint density at radius 2 is 1.56 bits per heavy atom. The molecule has 1 atom stereocenters. The van der Waals surface area contributed by atoms with Crippen LogP contribution in [0.25, 0.3) is 0 Å². The fourth-order valence-corrected chi connectivity index (χ4v) is 1.01. The normalized spacial score (nSPS) is 14.6. The van der Waals surface area contributed by atoms with Gasteiger partial charge in [-0.05, 0) is 6.42 Å². The van der Waals surface area contributed by atoms with Crippen LogP contribution in [0.4, 0.5) is 0 Å². The van der Waals surface area contributed by atoms with E-state index < -0.39 is 16.0 Å². The van der Waals surface area contributed by atoms with Crippen molar-refractivity contribution in [1.29, 1.82) is 0 Å². The lowest BCUT2D eigenvalue weighted by atomic mass is 9.83. The van der Waals surface area contributed by atoms with Crippen LogP contribution >= 0.6 is 0 Å². The molecule has 0 saturated carbocycles. The van der Waals surface area contributed by atoms with E-state index in [4.69, 9.17) is 0 Å². The molecule has 1 unspecified atom stereocenters. The number of hydrogen-bond acceptors (Lipinski definition) is 4. The Hall–Kier alpha value is -1.20. The molecule has 1 radical (unpaired) electrons. The Morgan fingerprint density at radius 3 is 1.88 bits per heavy atom. The minimum absolute atomic E-state index is 0.248. The van der Waals surface area contributed by atoms with Crippen LogP contribution in [0.1, 0.15) is 41.0 Å². The lowest BCUT2D eigenvalue weighted by Crippen LogP contribution is -2.40. The largest absolute Gasteiger partial charge is 0.264 e. The minimum Gasteiger partial charge on any atom is -0.264 e. The molecule has 0 aliphatic heterocycles. The first-order chi connectivity index (χ1) is 7.01. The molecule has 0 saturated heterocycles. The lowest BCUT2D eigenvalue weighted by Gasteiger charge is -2.25. The third-order valence-corrected chi connectivity index (χ3v) is 3.12. The van der Waals surface area contributed by atoms with Gasteiger partial charge in [0.2, 0.25) is 11.1 Å². The van der Waals surface area contributed by atoms with Crippen molar-refractivity contribution in [2.45, 2.75) is 52.1 Å². The maximum absolute atomic E-state index is 10.8. The summed E-state index contributed by atoms with van der Waals surface area (Å²) in [6, 6.07) is 0. The van der Waals surface area contributed by atoms with E-state index in [2.05, 4.69) is 0 Å². The van der Waals surface area contributed by atoms with Gasteiger partial charge in [0.15, 0.2) is 0 Å². The molecule has 16 heavy (non-hydrogen) atoms. The third kappa shape index (κ3) is 3.43. The van der Waals surface area contributed by atoms with Crippen LogP contribution in [0.5, 0.6) is 0 Å². The zero-order valence-corrected chi connectivity index (χ0v) is 10.4. The second-order valence-electron chi connectivity index (χ2n) is 5.16. The van der Waals surface area contributed by atoms with E-state index >= 15 is 0 Å². The van der Waals surface area contributed by atoms with Gasteiger partial charge in [0.05, 0.1) is 0 Å². The van der Waals surface area contributed by atoms with Crippen LogP contribution in [-0.2, 0) is 0 Å². The molecule has 0 N–H and O–H groups in total. The third-order valence-electron chi connectivity index (χ3n) is 3.12. The lowest BCUT2D eigenvalue weighted by molar-refractivity contribution is -0.572. The number of nitrogens with zero attached hydrogens (tertiary/aromatic N) is 2. The van der Waals surface area contributed by atoms with Gasteiger partial charge in [0.25, 0.3) is 0 Å². The maximum Gasteiger partial charge on any atom is 0.220 e. The van der Waals surface area contributed by atoms with E-state index in [0.717, 1.165) is 0 Å². The van der Waals surface area contributed by atoms with E-state index in [9.17, 15) is 20.2 Å². The van der Waals surface area contributed by atoms with Gasteiger partial charge in [0, 0.05) is 49.9 Å². The minimum atomic E-state index is -1.14. The zero-order valence-electron chi connectivity index (χ0n) is 10.4. The smallest absolute Gasteiger partial charge is 0.220 e. The molecule has 0 fully saturated rings. The fraction of sp³-hybridized carbons (Fsp3) is 0.900. The summed E-state index contributed by atoms with van der Waals surface area (Å²) in [6.07, 6.45) is 1.88. The van der Waals surface area contributed by atoms with Gasteiger partial charge in [-0.15, -0.1) is 0 Å². The van der Waals surface area contributed by atoms with E-state index in [1.807, 2.05) is 0 Å². The average molecular weight is 231 g/mol. The molecule has 6 heteroatoms. The molecule has 0 aromatic rings. The topological polar surface area (TPSA) is 86.3 Å². The quantitative estimate of drug-likeness (QED) is 0.518. The average Bonchev–Trinajstić information content (AvgIpc) is 2.13. The van der Waals surface area contributed by atoms with Crippen molar-refractivity contribution in [1.82, 2.24) is 0 Å². The van der Waals surface area contributed by atoms with Crippen molar-refractivity contribution in [2.24, 2.45) is 5.92 Å². The molecule has 6 nitrogen and oxygen atoms in total. The van der Waals surface area contributed by atoms with E-state index in [1.165, 1.54) is 34.1 Å². The first-order valence-electron chi connectivity index (χ1n) is 5.15. The Bertz CT molecular complexity index is 287. The van der Waals surface area contributed by atoms with Crippen molar-refractivity contribution < 1.29 is 9.85 Å². The molecule has 0 aromatic heterocycles. The van der Waals surface area contributed by atoms with Gasteiger partial charge < -0.3 is 0 Å². The Morgan fingerprint density at radius 1 is 1.12 bits per heavy atom. The molecular weight excluding hydrogens is 212 g/mol. The summed E-state index contributed by atoms with van der Waals surface area (Å²) in [5.74, 6) is -0.248. The highest BCUT2D eigenvalue weighted by atomic mass is 16.6. The molecule has 0 aromatic carbocycles. The van der Waals surface area contributed by atoms with Crippen LogP contribution in [-0.4, -0.2) is 20.9 Å². The predicted octanol–water partition coefficient (Wildman–Crippen LogP) is 2.33. The van der Waals surface area contributed by atoms with E-state index in [0.29, 0.717) is 6.42 Å².